The summed E-state index contributed by atoms with van der Waals surface area (Å²) in [5.74, 6) is -2.11. The number of benzene rings is 2. The van der Waals surface area contributed by atoms with Crippen LogP contribution in [0.5, 0.6) is 0 Å². The van der Waals surface area contributed by atoms with Crippen LogP contribution in [0.4, 0.5) is 0 Å². The third-order valence-corrected chi connectivity index (χ3v) is 5.65. The fourth-order valence-corrected chi connectivity index (χ4v) is 4.24. The topological polar surface area (TPSA) is 116 Å². The average Bonchev–Trinajstić information content (AvgIpc) is 2.67. The van der Waals surface area contributed by atoms with Gasteiger partial charge < -0.3 is 10.6 Å². The van der Waals surface area contributed by atoms with E-state index in [-0.39, 0.29) is 12.3 Å². The first-order valence-electron chi connectivity index (χ1n) is 8.58. The Hall–Kier alpha value is -3.18. The van der Waals surface area contributed by atoms with Crippen molar-refractivity contribution in [3.8, 4) is 6.07 Å². The van der Waals surface area contributed by atoms with E-state index < -0.39 is 33.4 Å². The molecule has 0 aliphatic heterocycles. The molecular formula is C20H21N3O4S. The monoisotopic (exact) mass is 399 g/mol. The van der Waals surface area contributed by atoms with E-state index >= 15 is 0 Å². The second kappa shape index (κ2) is 9.67. The van der Waals surface area contributed by atoms with Crippen molar-refractivity contribution in [3.05, 3.63) is 71.3 Å². The molecule has 8 heteroatoms. The summed E-state index contributed by atoms with van der Waals surface area (Å²) in [5, 5.41) is 13.4. The number of aryl methyl sites for hydroxylation is 1. The molecule has 0 heterocycles. The highest BCUT2D eigenvalue weighted by molar-refractivity contribution is 7.90. The fourth-order valence-electron chi connectivity index (χ4n) is 2.59. The van der Waals surface area contributed by atoms with Gasteiger partial charge in [0.2, 0.25) is 5.91 Å². The zero-order valence-corrected chi connectivity index (χ0v) is 16.2. The molecule has 7 nitrogen and oxygen atoms in total. The number of sulfone groups is 1. The zero-order valence-electron chi connectivity index (χ0n) is 15.4. The van der Waals surface area contributed by atoms with Gasteiger partial charge in [-0.05, 0) is 30.2 Å². The van der Waals surface area contributed by atoms with Crippen LogP contribution in [0.25, 0.3) is 0 Å². The number of nitriles is 1. The first-order chi connectivity index (χ1) is 13.3. The molecule has 0 radical (unpaired) electrons. The van der Waals surface area contributed by atoms with Gasteiger partial charge in [-0.25, -0.2) is 8.42 Å². The largest absolute Gasteiger partial charge is 0.341 e. The van der Waals surface area contributed by atoms with Gasteiger partial charge in [0.1, 0.15) is 12.6 Å². The standard InChI is InChI=1S/C20H21N3O4S/c1-15-7-5-6-10-17(15)13-28(26,27)14-18(20(25)22-12-11-21)23-19(24)16-8-3-2-4-9-16/h2-10,18H,12-14H2,1H3,(H,22,25)(H,23,24)/t18-/m0/s1. The number of hydrogen-bond acceptors (Lipinski definition) is 5. The van der Waals surface area contributed by atoms with E-state index in [4.69, 9.17) is 5.26 Å². The second-order valence-corrected chi connectivity index (χ2v) is 8.36. The summed E-state index contributed by atoms with van der Waals surface area (Å²) in [7, 11) is -3.71. The van der Waals surface area contributed by atoms with Gasteiger partial charge in [-0.2, -0.15) is 5.26 Å². The lowest BCUT2D eigenvalue weighted by Crippen LogP contribution is -2.50. The molecule has 146 valence electrons. The second-order valence-electron chi connectivity index (χ2n) is 6.25. The highest BCUT2D eigenvalue weighted by Crippen LogP contribution is 2.13. The van der Waals surface area contributed by atoms with E-state index in [1.807, 2.05) is 6.07 Å². The quantitative estimate of drug-likeness (QED) is 0.650. The lowest BCUT2D eigenvalue weighted by molar-refractivity contribution is -0.122. The van der Waals surface area contributed by atoms with Gasteiger partial charge in [0.25, 0.3) is 5.91 Å². The van der Waals surface area contributed by atoms with E-state index in [0.717, 1.165) is 5.56 Å². The van der Waals surface area contributed by atoms with Gasteiger partial charge in [0.15, 0.2) is 9.84 Å². The van der Waals surface area contributed by atoms with Crippen LogP contribution in [0.3, 0.4) is 0 Å². The molecule has 2 N–H and O–H groups in total. The van der Waals surface area contributed by atoms with Gasteiger partial charge in [0, 0.05) is 5.56 Å². The first kappa shape index (κ1) is 21.1. The molecule has 0 fully saturated rings. The van der Waals surface area contributed by atoms with Crippen LogP contribution in [0.1, 0.15) is 21.5 Å². The average molecular weight is 399 g/mol. The Morgan fingerprint density at radius 1 is 1.07 bits per heavy atom. The Balaban J connectivity index is 2.18. The minimum Gasteiger partial charge on any atom is -0.341 e. The van der Waals surface area contributed by atoms with Gasteiger partial charge in [-0.15, -0.1) is 0 Å². The number of nitrogens with one attached hydrogen (secondary N) is 2. The van der Waals surface area contributed by atoms with Gasteiger partial charge in [-0.1, -0.05) is 42.5 Å². The molecule has 0 aliphatic rings. The van der Waals surface area contributed by atoms with Gasteiger partial charge in [-0.3, -0.25) is 9.59 Å². The number of nitrogens with zero attached hydrogens (tertiary/aromatic N) is 1. The summed E-state index contributed by atoms with van der Waals surface area (Å²) in [4.78, 5) is 24.7. The highest BCUT2D eigenvalue weighted by atomic mass is 32.2. The molecule has 0 saturated carbocycles. The van der Waals surface area contributed by atoms with E-state index in [9.17, 15) is 18.0 Å². The summed E-state index contributed by atoms with van der Waals surface area (Å²) in [6, 6.07) is 15.7. The lowest BCUT2D eigenvalue weighted by atomic mass is 10.1. The third-order valence-electron chi connectivity index (χ3n) is 4.06. The van der Waals surface area contributed by atoms with E-state index in [1.54, 1.807) is 61.5 Å². The number of hydrogen-bond donors (Lipinski definition) is 2. The molecule has 0 spiro atoms. The normalized spacial score (nSPS) is 11.9. The van der Waals surface area contributed by atoms with Crippen LogP contribution >= 0.6 is 0 Å². The Morgan fingerprint density at radius 3 is 2.36 bits per heavy atom. The predicted octanol–water partition coefficient (Wildman–Crippen LogP) is 1.35. The molecule has 2 aromatic rings. The Labute approximate surface area is 164 Å². The summed E-state index contributed by atoms with van der Waals surface area (Å²) in [6.07, 6.45) is 0. The molecule has 2 rings (SSSR count). The summed E-state index contributed by atoms with van der Waals surface area (Å²) in [5.41, 5.74) is 1.76. The fraction of sp³-hybridized carbons (Fsp3) is 0.250. The number of rotatable bonds is 8. The molecule has 0 aliphatic carbocycles. The Bertz CT molecular complexity index is 982. The molecule has 0 bridgehead atoms. The molecule has 0 saturated heterocycles. The van der Waals surface area contributed by atoms with Crippen molar-refractivity contribution in [1.82, 2.24) is 10.6 Å². The number of amides is 2. The minimum atomic E-state index is -3.71. The van der Waals surface area contributed by atoms with Crippen molar-refractivity contribution in [1.29, 1.82) is 5.26 Å². The number of carbonyl (C=O) groups is 2. The van der Waals surface area contributed by atoms with Crippen molar-refractivity contribution in [2.45, 2.75) is 18.7 Å². The number of carbonyl (C=O) groups excluding carboxylic acids is 2. The van der Waals surface area contributed by atoms with Crippen LogP contribution in [0.2, 0.25) is 0 Å². The highest BCUT2D eigenvalue weighted by Gasteiger charge is 2.28. The SMILES string of the molecule is Cc1ccccc1CS(=O)(=O)C[C@H](NC(=O)c1ccccc1)C(=O)NCC#N. The van der Waals surface area contributed by atoms with Crippen LogP contribution in [-0.4, -0.2) is 38.6 Å². The maximum Gasteiger partial charge on any atom is 0.251 e. The van der Waals surface area contributed by atoms with Crippen molar-refractivity contribution >= 4 is 21.7 Å². The minimum absolute atomic E-state index is 0.247. The van der Waals surface area contributed by atoms with Crippen LogP contribution < -0.4 is 10.6 Å². The summed E-state index contributed by atoms with van der Waals surface area (Å²) in [6.45, 7) is 1.52. The van der Waals surface area contributed by atoms with Crippen LogP contribution in [0, 0.1) is 18.3 Å². The Kier molecular flexibility index (Phi) is 7.29. The van der Waals surface area contributed by atoms with Crippen LogP contribution in [-0.2, 0) is 20.4 Å². The van der Waals surface area contributed by atoms with Crippen molar-refractivity contribution in [2.24, 2.45) is 0 Å². The smallest absolute Gasteiger partial charge is 0.251 e. The molecule has 0 unspecified atom stereocenters. The lowest BCUT2D eigenvalue weighted by Gasteiger charge is -2.18. The van der Waals surface area contributed by atoms with Crippen molar-refractivity contribution < 1.29 is 18.0 Å². The van der Waals surface area contributed by atoms with Crippen LogP contribution in [0.15, 0.2) is 54.6 Å². The molecule has 2 amide bonds. The molecule has 1 atom stereocenters. The van der Waals surface area contributed by atoms with Gasteiger partial charge in [0.05, 0.1) is 17.6 Å². The summed E-state index contributed by atoms with van der Waals surface area (Å²) >= 11 is 0. The van der Waals surface area contributed by atoms with Crippen molar-refractivity contribution in [2.75, 3.05) is 12.3 Å². The maximum atomic E-state index is 12.7. The molecule has 2 aromatic carbocycles. The van der Waals surface area contributed by atoms with E-state index in [0.29, 0.717) is 11.1 Å². The van der Waals surface area contributed by atoms with Gasteiger partial charge >= 0.3 is 0 Å². The molecular weight excluding hydrogens is 378 g/mol. The van der Waals surface area contributed by atoms with E-state index in [2.05, 4.69) is 10.6 Å². The maximum absolute atomic E-state index is 12.7. The van der Waals surface area contributed by atoms with Crippen molar-refractivity contribution in [3.63, 3.8) is 0 Å². The predicted molar refractivity (Wildman–Crippen MR) is 105 cm³/mol. The zero-order chi connectivity index (χ0) is 20.6. The summed E-state index contributed by atoms with van der Waals surface area (Å²) < 4.78 is 25.3. The third kappa shape index (κ3) is 6.21. The molecule has 28 heavy (non-hydrogen) atoms. The van der Waals surface area contributed by atoms with E-state index in [1.165, 1.54) is 0 Å². The first-order valence-corrected chi connectivity index (χ1v) is 10.4. The Morgan fingerprint density at radius 2 is 1.71 bits per heavy atom. The molecule has 0 aromatic heterocycles.